The number of rotatable bonds is 3. The van der Waals surface area contributed by atoms with E-state index in [0.717, 1.165) is 0 Å². The standard InChI is InChI=1S/C13H9Cl2FN2S/c14-7-3-1-5-9(11(7)13(17)19)18-10-6-2-4-8(15)12(10)16/h1-6,18H,(H2,17,19). The van der Waals surface area contributed by atoms with Crippen molar-refractivity contribution in [3.8, 4) is 0 Å². The summed E-state index contributed by atoms with van der Waals surface area (Å²) in [4.78, 5) is 0.135. The van der Waals surface area contributed by atoms with Crippen molar-refractivity contribution in [2.24, 2.45) is 5.73 Å². The van der Waals surface area contributed by atoms with E-state index in [-0.39, 0.29) is 15.7 Å². The van der Waals surface area contributed by atoms with Gasteiger partial charge in [-0.1, -0.05) is 47.6 Å². The maximum Gasteiger partial charge on any atom is 0.165 e. The highest BCUT2D eigenvalue weighted by molar-refractivity contribution is 7.80. The van der Waals surface area contributed by atoms with Crippen LogP contribution in [-0.2, 0) is 0 Å². The smallest absolute Gasteiger partial charge is 0.165 e. The highest BCUT2D eigenvalue weighted by Crippen LogP contribution is 2.30. The molecule has 2 aromatic rings. The summed E-state index contributed by atoms with van der Waals surface area (Å²) in [5.41, 5.74) is 6.85. The fourth-order valence-corrected chi connectivity index (χ4v) is 2.35. The maximum absolute atomic E-state index is 13.8. The minimum Gasteiger partial charge on any atom is -0.389 e. The Bertz CT molecular complexity index is 647. The summed E-state index contributed by atoms with van der Waals surface area (Å²) in [6.45, 7) is 0. The molecule has 2 aromatic carbocycles. The van der Waals surface area contributed by atoms with Gasteiger partial charge in [0.05, 0.1) is 27.0 Å². The van der Waals surface area contributed by atoms with Crippen LogP contribution in [-0.4, -0.2) is 4.99 Å². The zero-order chi connectivity index (χ0) is 14.0. The van der Waals surface area contributed by atoms with Gasteiger partial charge in [0.1, 0.15) is 4.99 Å². The van der Waals surface area contributed by atoms with Gasteiger partial charge in [-0.15, -0.1) is 0 Å². The van der Waals surface area contributed by atoms with Crippen LogP contribution in [0.5, 0.6) is 0 Å². The zero-order valence-electron chi connectivity index (χ0n) is 9.58. The first-order valence-corrected chi connectivity index (χ1v) is 6.46. The molecular formula is C13H9Cl2FN2S. The minimum absolute atomic E-state index is 0.0314. The average molecular weight is 315 g/mol. The van der Waals surface area contributed by atoms with Gasteiger partial charge in [-0.25, -0.2) is 4.39 Å². The maximum atomic E-state index is 13.8. The lowest BCUT2D eigenvalue weighted by Gasteiger charge is -2.13. The van der Waals surface area contributed by atoms with Crippen LogP contribution in [0.1, 0.15) is 5.56 Å². The van der Waals surface area contributed by atoms with Crippen LogP contribution >= 0.6 is 35.4 Å². The minimum atomic E-state index is -0.543. The second-order valence-electron chi connectivity index (χ2n) is 3.75. The number of nitrogens with two attached hydrogens (primary N) is 1. The zero-order valence-corrected chi connectivity index (χ0v) is 11.9. The van der Waals surface area contributed by atoms with Gasteiger partial charge in [0.25, 0.3) is 0 Å². The van der Waals surface area contributed by atoms with Crippen LogP contribution in [0.4, 0.5) is 15.8 Å². The first kappa shape index (κ1) is 14.1. The molecule has 0 saturated heterocycles. The summed E-state index contributed by atoms with van der Waals surface area (Å²) in [6.07, 6.45) is 0. The van der Waals surface area contributed by atoms with Gasteiger partial charge in [-0.2, -0.15) is 0 Å². The number of thiocarbonyl (C=S) groups is 1. The quantitative estimate of drug-likeness (QED) is 0.819. The average Bonchev–Trinajstić information content (AvgIpc) is 2.34. The molecule has 0 atom stereocenters. The van der Waals surface area contributed by atoms with E-state index in [1.54, 1.807) is 30.3 Å². The van der Waals surface area contributed by atoms with E-state index in [0.29, 0.717) is 16.3 Å². The van der Waals surface area contributed by atoms with Crippen molar-refractivity contribution in [3.63, 3.8) is 0 Å². The SMILES string of the molecule is NC(=S)c1c(Cl)cccc1Nc1cccc(Cl)c1F. The second kappa shape index (κ2) is 5.74. The lowest BCUT2D eigenvalue weighted by Crippen LogP contribution is -2.13. The number of hydrogen-bond acceptors (Lipinski definition) is 2. The predicted molar refractivity (Wildman–Crippen MR) is 82.0 cm³/mol. The Morgan fingerprint density at radius 3 is 2.26 bits per heavy atom. The summed E-state index contributed by atoms with van der Waals surface area (Å²) in [5, 5.41) is 3.33. The third-order valence-corrected chi connectivity index (χ3v) is 3.29. The second-order valence-corrected chi connectivity index (χ2v) is 5.01. The molecule has 3 N–H and O–H groups in total. The summed E-state index contributed by atoms with van der Waals surface area (Å²) in [6, 6.07) is 9.75. The Hall–Kier alpha value is -1.36. The predicted octanol–water partition coefficient (Wildman–Crippen LogP) is 4.51. The first-order valence-electron chi connectivity index (χ1n) is 5.30. The molecule has 0 radical (unpaired) electrons. The molecule has 19 heavy (non-hydrogen) atoms. The van der Waals surface area contributed by atoms with Gasteiger partial charge in [-0.3, -0.25) is 0 Å². The Morgan fingerprint density at radius 2 is 1.63 bits per heavy atom. The monoisotopic (exact) mass is 314 g/mol. The molecule has 98 valence electrons. The Labute approximate surface area is 125 Å². The number of anilines is 2. The van der Waals surface area contributed by atoms with Crippen molar-refractivity contribution in [2.75, 3.05) is 5.32 Å². The van der Waals surface area contributed by atoms with Gasteiger partial charge in [0.2, 0.25) is 0 Å². The summed E-state index contributed by atoms with van der Waals surface area (Å²) in [5.74, 6) is -0.543. The number of nitrogens with one attached hydrogen (secondary N) is 1. The topological polar surface area (TPSA) is 38.0 Å². The fourth-order valence-electron chi connectivity index (χ4n) is 1.62. The molecule has 0 amide bonds. The molecular weight excluding hydrogens is 306 g/mol. The molecule has 0 aliphatic rings. The summed E-state index contributed by atoms with van der Waals surface area (Å²) in [7, 11) is 0. The van der Waals surface area contributed by atoms with Gasteiger partial charge in [-0.05, 0) is 24.3 Å². The van der Waals surface area contributed by atoms with Crippen LogP contribution in [0.3, 0.4) is 0 Å². The van der Waals surface area contributed by atoms with Crippen molar-refractivity contribution < 1.29 is 4.39 Å². The Morgan fingerprint density at radius 1 is 1.05 bits per heavy atom. The van der Waals surface area contributed by atoms with Crippen LogP contribution in [0.2, 0.25) is 10.0 Å². The lowest BCUT2D eigenvalue weighted by atomic mass is 10.1. The van der Waals surface area contributed by atoms with E-state index in [1.807, 2.05) is 0 Å². The third-order valence-electron chi connectivity index (χ3n) is 2.48. The summed E-state index contributed by atoms with van der Waals surface area (Å²) < 4.78 is 13.8. The number of hydrogen-bond donors (Lipinski definition) is 2. The van der Waals surface area contributed by atoms with Gasteiger partial charge in [0.15, 0.2) is 5.82 Å². The van der Waals surface area contributed by atoms with Crippen LogP contribution in [0.25, 0.3) is 0 Å². The van der Waals surface area contributed by atoms with E-state index in [1.165, 1.54) is 6.07 Å². The van der Waals surface area contributed by atoms with E-state index in [4.69, 9.17) is 41.2 Å². The fraction of sp³-hybridized carbons (Fsp3) is 0. The van der Waals surface area contributed by atoms with E-state index in [9.17, 15) is 4.39 Å². The first-order chi connectivity index (χ1) is 9.00. The van der Waals surface area contributed by atoms with Gasteiger partial charge >= 0.3 is 0 Å². The molecule has 0 aliphatic carbocycles. The normalized spacial score (nSPS) is 10.3. The molecule has 0 unspecified atom stereocenters. The largest absolute Gasteiger partial charge is 0.389 e. The Balaban J connectivity index is 2.47. The molecule has 0 heterocycles. The highest BCUT2D eigenvalue weighted by Gasteiger charge is 2.12. The van der Waals surface area contributed by atoms with Crippen molar-refractivity contribution in [1.29, 1.82) is 0 Å². The third kappa shape index (κ3) is 2.97. The molecule has 0 saturated carbocycles. The van der Waals surface area contributed by atoms with Crippen molar-refractivity contribution in [2.45, 2.75) is 0 Å². The number of halogens is 3. The Kier molecular flexibility index (Phi) is 4.24. The van der Waals surface area contributed by atoms with Crippen LogP contribution in [0.15, 0.2) is 36.4 Å². The highest BCUT2D eigenvalue weighted by atomic mass is 35.5. The van der Waals surface area contributed by atoms with Crippen LogP contribution in [0, 0.1) is 5.82 Å². The van der Waals surface area contributed by atoms with Crippen molar-refractivity contribution in [3.05, 3.63) is 57.8 Å². The molecule has 6 heteroatoms. The molecule has 0 fully saturated rings. The number of benzene rings is 2. The van der Waals surface area contributed by atoms with Crippen LogP contribution < -0.4 is 11.1 Å². The molecule has 0 spiro atoms. The van der Waals surface area contributed by atoms with E-state index in [2.05, 4.69) is 5.32 Å². The molecule has 2 nitrogen and oxygen atoms in total. The van der Waals surface area contributed by atoms with E-state index >= 15 is 0 Å². The van der Waals surface area contributed by atoms with Gasteiger partial charge < -0.3 is 11.1 Å². The molecule has 0 aliphatic heterocycles. The molecule has 0 bridgehead atoms. The van der Waals surface area contributed by atoms with Crippen molar-refractivity contribution >= 4 is 51.8 Å². The summed E-state index contributed by atoms with van der Waals surface area (Å²) >= 11 is 16.7. The molecule has 2 rings (SSSR count). The van der Waals surface area contributed by atoms with E-state index < -0.39 is 5.82 Å². The lowest BCUT2D eigenvalue weighted by molar-refractivity contribution is 0.632. The van der Waals surface area contributed by atoms with Gasteiger partial charge in [0, 0.05) is 0 Å². The molecule has 0 aromatic heterocycles. The van der Waals surface area contributed by atoms with Crippen molar-refractivity contribution in [1.82, 2.24) is 0 Å².